The third kappa shape index (κ3) is 4.33. The van der Waals surface area contributed by atoms with Crippen LogP contribution in [0.25, 0.3) is 0 Å². The summed E-state index contributed by atoms with van der Waals surface area (Å²) < 4.78 is 41.8. The Hall–Kier alpha value is -2.88. The highest BCUT2D eigenvalue weighted by Gasteiger charge is 2.37. The summed E-state index contributed by atoms with van der Waals surface area (Å²) in [5.41, 5.74) is 0.857. The van der Waals surface area contributed by atoms with Crippen LogP contribution in [0.2, 0.25) is 0 Å². The molecule has 2 N–H and O–H groups in total. The van der Waals surface area contributed by atoms with Gasteiger partial charge in [0.25, 0.3) is 6.43 Å². The molecule has 1 unspecified atom stereocenters. The summed E-state index contributed by atoms with van der Waals surface area (Å²) in [4.78, 5) is 17.1. The predicted octanol–water partition coefficient (Wildman–Crippen LogP) is 3.06. The number of hydrogen-bond donors (Lipinski definition) is 2. The minimum absolute atomic E-state index is 0.128. The number of aliphatic hydroxyl groups excluding tert-OH is 1. The standard InChI is InChI=1S/C20H24F3N5O2/c1-11-16(9-29)26-28(19(11)25-20(24-10-30)27(2)3)17(12-4-5-12)13-6-7-14(18(22)23)15(21)8-13/h6-8,10,12,17-18,29H,4-5,9H2,1-3H3,(H,24,25,30). The predicted molar refractivity (Wildman–Crippen MR) is 105 cm³/mol. The highest BCUT2D eigenvalue weighted by molar-refractivity contribution is 5.90. The van der Waals surface area contributed by atoms with Gasteiger partial charge in [0.15, 0.2) is 5.82 Å². The van der Waals surface area contributed by atoms with Gasteiger partial charge in [-0.2, -0.15) is 10.1 Å². The highest BCUT2D eigenvalue weighted by atomic mass is 19.3. The number of aromatic nitrogens is 2. The van der Waals surface area contributed by atoms with E-state index in [1.54, 1.807) is 30.6 Å². The van der Waals surface area contributed by atoms with Crippen molar-refractivity contribution in [1.29, 1.82) is 0 Å². The molecular weight excluding hydrogens is 399 g/mol. The Morgan fingerprint density at radius 3 is 2.63 bits per heavy atom. The van der Waals surface area contributed by atoms with E-state index in [2.05, 4.69) is 15.4 Å². The van der Waals surface area contributed by atoms with E-state index in [1.807, 2.05) is 0 Å². The maximum Gasteiger partial charge on any atom is 0.266 e. The van der Waals surface area contributed by atoms with Gasteiger partial charge in [0.05, 0.1) is 23.9 Å². The number of amides is 1. The minimum atomic E-state index is -2.90. The van der Waals surface area contributed by atoms with E-state index in [9.17, 15) is 23.1 Å². The monoisotopic (exact) mass is 423 g/mol. The van der Waals surface area contributed by atoms with Crippen LogP contribution in [0, 0.1) is 18.7 Å². The number of nitrogens with zero attached hydrogens (tertiary/aromatic N) is 4. The van der Waals surface area contributed by atoms with Gasteiger partial charge in [0.1, 0.15) is 5.82 Å². The molecular formula is C20H24F3N5O2. The SMILES string of the molecule is Cc1c(CO)nn(C(c2ccc(C(F)F)c(F)c2)C2CC2)c1/N=C(\NC=O)N(C)C. The third-order valence-electron chi connectivity index (χ3n) is 5.12. The average Bonchev–Trinajstić information content (AvgIpc) is 3.47. The lowest BCUT2D eigenvalue weighted by Gasteiger charge is -2.21. The van der Waals surface area contributed by atoms with Crippen LogP contribution in [0.4, 0.5) is 19.0 Å². The molecule has 1 saturated carbocycles. The molecule has 2 aromatic rings. The number of halogens is 3. The molecule has 1 aliphatic rings. The second-order valence-electron chi connectivity index (χ2n) is 7.45. The molecule has 1 atom stereocenters. The fraction of sp³-hybridized carbons (Fsp3) is 0.450. The Morgan fingerprint density at radius 1 is 1.43 bits per heavy atom. The molecule has 10 heteroatoms. The van der Waals surface area contributed by atoms with E-state index in [1.165, 1.54) is 6.07 Å². The van der Waals surface area contributed by atoms with Gasteiger partial charge in [0, 0.05) is 19.7 Å². The summed E-state index contributed by atoms with van der Waals surface area (Å²) in [7, 11) is 3.41. The van der Waals surface area contributed by atoms with Crippen molar-refractivity contribution in [2.24, 2.45) is 10.9 Å². The van der Waals surface area contributed by atoms with Gasteiger partial charge in [-0.1, -0.05) is 12.1 Å². The number of alkyl halides is 2. The van der Waals surface area contributed by atoms with E-state index in [-0.39, 0.29) is 18.5 Å². The molecule has 0 radical (unpaired) electrons. The highest BCUT2D eigenvalue weighted by Crippen LogP contribution is 2.46. The van der Waals surface area contributed by atoms with Crippen molar-refractivity contribution in [2.45, 2.75) is 38.8 Å². The Morgan fingerprint density at radius 2 is 2.13 bits per heavy atom. The molecule has 0 spiro atoms. The van der Waals surface area contributed by atoms with Crippen LogP contribution in [0.3, 0.4) is 0 Å². The van der Waals surface area contributed by atoms with Crippen molar-refractivity contribution >= 4 is 18.2 Å². The Labute approximate surface area is 172 Å². The number of rotatable bonds is 7. The molecule has 3 rings (SSSR count). The van der Waals surface area contributed by atoms with Gasteiger partial charge in [-0.25, -0.2) is 17.9 Å². The third-order valence-corrected chi connectivity index (χ3v) is 5.12. The van der Waals surface area contributed by atoms with Gasteiger partial charge in [0.2, 0.25) is 12.4 Å². The second kappa shape index (κ2) is 8.86. The van der Waals surface area contributed by atoms with E-state index in [4.69, 9.17) is 0 Å². The molecule has 7 nitrogen and oxygen atoms in total. The zero-order valence-corrected chi connectivity index (χ0v) is 16.9. The summed E-state index contributed by atoms with van der Waals surface area (Å²) >= 11 is 0. The second-order valence-corrected chi connectivity index (χ2v) is 7.45. The lowest BCUT2D eigenvalue weighted by atomic mass is 10.0. The summed E-state index contributed by atoms with van der Waals surface area (Å²) in [6.45, 7) is 1.42. The molecule has 162 valence electrons. The molecule has 1 heterocycles. The van der Waals surface area contributed by atoms with E-state index in [0.717, 1.165) is 25.0 Å². The van der Waals surface area contributed by atoms with Crippen LogP contribution in [0.5, 0.6) is 0 Å². The van der Waals surface area contributed by atoms with Gasteiger partial charge in [-0.3, -0.25) is 10.1 Å². The van der Waals surface area contributed by atoms with E-state index < -0.39 is 23.8 Å². The molecule has 1 amide bonds. The van der Waals surface area contributed by atoms with Crippen LogP contribution < -0.4 is 5.32 Å². The van der Waals surface area contributed by atoms with Crippen molar-refractivity contribution in [2.75, 3.05) is 14.1 Å². The first-order valence-corrected chi connectivity index (χ1v) is 9.51. The Balaban J connectivity index is 2.15. The quantitative estimate of drug-likeness (QED) is 0.407. The summed E-state index contributed by atoms with van der Waals surface area (Å²) in [6.07, 6.45) is -0.666. The number of benzene rings is 1. The number of carbonyl (C=O) groups is 1. The van der Waals surface area contributed by atoms with Gasteiger partial charge < -0.3 is 10.0 Å². The number of guanidine groups is 1. The first-order valence-electron chi connectivity index (χ1n) is 9.51. The largest absolute Gasteiger partial charge is 0.390 e. The van der Waals surface area contributed by atoms with E-state index in [0.29, 0.717) is 29.0 Å². The zero-order chi connectivity index (χ0) is 22.0. The molecule has 30 heavy (non-hydrogen) atoms. The lowest BCUT2D eigenvalue weighted by molar-refractivity contribution is -0.108. The number of nitrogens with one attached hydrogen (secondary N) is 1. The topological polar surface area (TPSA) is 82.8 Å². The van der Waals surface area contributed by atoms with Crippen LogP contribution in [0.1, 0.15) is 47.7 Å². The summed E-state index contributed by atoms with van der Waals surface area (Å²) in [6, 6.07) is 3.25. The van der Waals surface area contributed by atoms with Crippen molar-refractivity contribution < 1.29 is 23.1 Å². The molecule has 0 aliphatic heterocycles. The van der Waals surface area contributed by atoms with Gasteiger partial charge in [-0.15, -0.1) is 0 Å². The molecule has 1 aromatic carbocycles. The first kappa shape index (κ1) is 21.8. The number of hydrogen-bond acceptors (Lipinski definition) is 4. The molecule has 1 fully saturated rings. The molecule has 1 aromatic heterocycles. The smallest absolute Gasteiger partial charge is 0.266 e. The van der Waals surface area contributed by atoms with Crippen LogP contribution in [0.15, 0.2) is 23.2 Å². The lowest BCUT2D eigenvalue weighted by Crippen LogP contribution is -2.35. The zero-order valence-electron chi connectivity index (χ0n) is 16.9. The van der Waals surface area contributed by atoms with Crippen molar-refractivity contribution in [1.82, 2.24) is 20.0 Å². The average molecular weight is 423 g/mol. The van der Waals surface area contributed by atoms with E-state index >= 15 is 0 Å². The fourth-order valence-corrected chi connectivity index (χ4v) is 3.38. The van der Waals surface area contributed by atoms with Gasteiger partial charge >= 0.3 is 0 Å². The van der Waals surface area contributed by atoms with Crippen molar-refractivity contribution in [3.05, 3.63) is 46.4 Å². The first-order chi connectivity index (χ1) is 14.3. The maximum absolute atomic E-state index is 14.3. The molecule has 0 bridgehead atoms. The van der Waals surface area contributed by atoms with Crippen LogP contribution >= 0.6 is 0 Å². The normalized spacial score (nSPS) is 15.4. The number of aliphatic imine (C=N–C) groups is 1. The summed E-state index contributed by atoms with van der Waals surface area (Å²) in [5.74, 6) is -0.190. The van der Waals surface area contributed by atoms with Crippen molar-refractivity contribution in [3.8, 4) is 0 Å². The molecule has 1 aliphatic carbocycles. The van der Waals surface area contributed by atoms with Gasteiger partial charge in [-0.05, 0) is 37.3 Å². The number of carbonyl (C=O) groups excluding carboxylic acids is 1. The Bertz CT molecular complexity index is 954. The maximum atomic E-state index is 14.3. The van der Waals surface area contributed by atoms with Crippen LogP contribution in [-0.2, 0) is 11.4 Å². The van der Waals surface area contributed by atoms with Crippen LogP contribution in [-0.4, -0.2) is 46.3 Å². The summed E-state index contributed by atoms with van der Waals surface area (Å²) in [5, 5.41) is 16.7. The fourth-order valence-electron chi connectivity index (χ4n) is 3.38. The number of aliphatic hydroxyl groups is 1. The minimum Gasteiger partial charge on any atom is -0.390 e. The Kier molecular flexibility index (Phi) is 6.45. The van der Waals surface area contributed by atoms with Crippen molar-refractivity contribution in [3.63, 3.8) is 0 Å². The molecule has 0 saturated heterocycles.